The van der Waals surface area contributed by atoms with Gasteiger partial charge in [-0.05, 0) is 79.4 Å². The third-order valence-corrected chi connectivity index (χ3v) is 7.31. The molecule has 0 spiro atoms. The number of likely N-dealkylation sites (tertiary alicyclic amines) is 1. The maximum atomic E-state index is 12.7. The summed E-state index contributed by atoms with van der Waals surface area (Å²) in [6.45, 7) is 6.39. The van der Waals surface area contributed by atoms with Crippen LogP contribution >= 0.6 is 11.8 Å². The van der Waals surface area contributed by atoms with Crippen molar-refractivity contribution in [2.75, 3.05) is 26.3 Å². The van der Waals surface area contributed by atoms with E-state index in [2.05, 4.69) is 16.2 Å². The molecule has 1 saturated heterocycles. The fraction of sp³-hybridized carbons (Fsp3) is 0.321. The van der Waals surface area contributed by atoms with E-state index in [1.54, 1.807) is 6.08 Å². The fourth-order valence-corrected chi connectivity index (χ4v) is 5.19. The van der Waals surface area contributed by atoms with E-state index in [0.29, 0.717) is 29.2 Å². The zero-order chi connectivity index (χ0) is 26.6. The molecule has 0 aromatic heterocycles. The van der Waals surface area contributed by atoms with Gasteiger partial charge in [0.25, 0.3) is 5.91 Å². The van der Waals surface area contributed by atoms with Gasteiger partial charge in [-0.1, -0.05) is 24.3 Å². The molecule has 0 aliphatic carbocycles. The molecule has 3 aliphatic rings. The third kappa shape index (κ3) is 5.80. The molecule has 1 N–H and O–H groups in total. The summed E-state index contributed by atoms with van der Waals surface area (Å²) in [6, 6.07) is 13.3. The Morgan fingerprint density at radius 2 is 1.82 bits per heavy atom. The number of benzene rings is 2. The van der Waals surface area contributed by atoms with Crippen LogP contribution in [0.4, 0.5) is 0 Å². The quantitative estimate of drug-likeness (QED) is 0.400. The number of nitrogens with zero attached hydrogens (tertiary/aromatic N) is 4. The van der Waals surface area contributed by atoms with E-state index >= 15 is 0 Å². The molecule has 38 heavy (non-hydrogen) atoms. The Bertz CT molecular complexity index is 1360. The summed E-state index contributed by atoms with van der Waals surface area (Å²) >= 11 is 1.17. The predicted molar refractivity (Wildman–Crippen MR) is 149 cm³/mol. The number of thioether (sulfide) groups is 1. The second-order valence-corrected chi connectivity index (χ2v) is 10.4. The van der Waals surface area contributed by atoms with Gasteiger partial charge in [0.2, 0.25) is 11.1 Å². The van der Waals surface area contributed by atoms with Crippen LogP contribution in [0, 0.1) is 19.3 Å². The molecule has 2 aromatic rings. The first-order chi connectivity index (χ1) is 18.4. The molecule has 1 fully saturated rings. The van der Waals surface area contributed by atoms with Crippen LogP contribution in [0.5, 0.6) is 11.5 Å². The Morgan fingerprint density at radius 3 is 2.58 bits per heavy atom. The first-order valence-electron chi connectivity index (χ1n) is 12.6. The number of amides is 2. The lowest BCUT2D eigenvalue weighted by atomic mass is 10.1. The minimum Gasteiger partial charge on any atom is -0.490 e. The highest BCUT2D eigenvalue weighted by atomic mass is 32.2. The van der Waals surface area contributed by atoms with Crippen molar-refractivity contribution in [3.05, 3.63) is 64.7 Å². The lowest BCUT2D eigenvalue weighted by Gasteiger charge is -2.20. The Kier molecular flexibility index (Phi) is 7.59. The van der Waals surface area contributed by atoms with E-state index in [1.165, 1.54) is 16.8 Å². The molecule has 10 heteroatoms. The van der Waals surface area contributed by atoms with E-state index in [9.17, 15) is 9.59 Å². The van der Waals surface area contributed by atoms with Crippen LogP contribution in [0.25, 0.3) is 6.08 Å². The molecule has 0 saturated carbocycles. The maximum absolute atomic E-state index is 12.7. The van der Waals surface area contributed by atoms with Crippen molar-refractivity contribution in [3.8, 4) is 11.5 Å². The predicted octanol–water partition coefficient (Wildman–Crippen LogP) is 4.39. The number of fused-ring (bicyclic) bond motifs is 1. The number of carbonyl (C=O) groups is 2. The smallest absolute Gasteiger partial charge is 0.283 e. The summed E-state index contributed by atoms with van der Waals surface area (Å²) in [4.78, 5) is 31.1. The highest BCUT2D eigenvalue weighted by molar-refractivity contribution is 8.27. The van der Waals surface area contributed by atoms with Gasteiger partial charge in [0.1, 0.15) is 29.8 Å². The SMILES string of the molecule is Cc1ccc(C)c(OCCOc2ccc(C=C3C(=N)N4N=C(CC(=O)N5CCCC5)SC4=NC3=O)cc2)c1. The van der Waals surface area contributed by atoms with Crippen molar-refractivity contribution in [3.63, 3.8) is 0 Å². The molecule has 3 heterocycles. The third-order valence-electron chi connectivity index (χ3n) is 6.40. The number of hydrogen-bond acceptors (Lipinski definition) is 7. The molecule has 0 radical (unpaired) electrons. The monoisotopic (exact) mass is 531 g/mol. The number of amidine groups is 2. The molecule has 2 aromatic carbocycles. The lowest BCUT2D eigenvalue weighted by molar-refractivity contribution is -0.128. The molecule has 0 unspecified atom stereocenters. The van der Waals surface area contributed by atoms with Gasteiger partial charge in [-0.15, -0.1) is 0 Å². The van der Waals surface area contributed by atoms with Crippen LogP contribution in [-0.4, -0.2) is 64.1 Å². The van der Waals surface area contributed by atoms with E-state index in [4.69, 9.17) is 14.9 Å². The van der Waals surface area contributed by atoms with Crippen molar-refractivity contribution < 1.29 is 19.1 Å². The Balaban J connectivity index is 1.18. The summed E-state index contributed by atoms with van der Waals surface area (Å²) in [5, 5.41) is 15.1. The van der Waals surface area contributed by atoms with Gasteiger partial charge in [0.05, 0.1) is 12.0 Å². The molecule has 196 valence electrons. The van der Waals surface area contributed by atoms with Crippen LogP contribution in [0.2, 0.25) is 0 Å². The van der Waals surface area contributed by atoms with Crippen molar-refractivity contribution in [2.24, 2.45) is 10.1 Å². The van der Waals surface area contributed by atoms with Crippen molar-refractivity contribution in [2.45, 2.75) is 33.1 Å². The van der Waals surface area contributed by atoms with Gasteiger partial charge in [-0.3, -0.25) is 15.0 Å². The molecular formula is C28H29N5O4S. The first kappa shape index (κ1) is 25.7. The number of hydrogen-bond donors (Lipinski definition) is 1. The topological polar surface area (TPSA) is 108 Å². The average Bonchev–Trinajstić information content (AvgIpc) is 3.58. The summed E-state index contributed by atoms with van der Waals surface area (Å²) in [5.74, 6) is 0.990. The van der Waals surface area contributed by atoms with E-state index in [0.717, 1.165) is 48.4 Å². The number of aryl methyl sites for hydroxylation is 2. The van der Waals surface area contributed by atoms with Crippen LogP contribution < -0.4 is 9.47 Å². The molecule has 9 nitrogen and oxygen atoms in total. The van der Waals surface area contributed by atoms with Crippen LogP contribution in [0.15, 0.2) is 58.1 Å². The van der Waals surface area contributed by atoms with Gasteiger partial charge in [0, 0.05) is 13.1 Å². The zero-order valence-corrected chi connectivity index (χ0v) is 22.2. The molecule has 0 atom stereocenters. The standard InChI is InChI=1S/C28H29N5O4S/c1-18-5-6-19(2)23(15-18)37-14-13-36-21-9-7-20(8-10-21)16-22-26(29)33-28(30-27(22)35)38-24(31-33)17-25(34)32-11-3-4-12-32/h5-10,15-16,29H,3-4,11-14,17H2,1-2H3. The second kappa shape index (κ2) is 11.2. The van der Waals surface area contributed by atoms with E-state index in [-0.39, 0.29) is 23.7 Å². The van der Waals surface area contributed by atoms with Crippen molar-refractivity contribution in [1.29, 1.82) is 5.41 Å². The Morgan fingerprint density at radius 1 is 1.08 bits per heavy atom. The minimum atomic E-state index is -0.500. The highest BCUT2D eigenvalue weighted by Gasteiger charge is 2.36. The summed E-state index contributed by atoms with van der Waals surface area (Å²) < 4.78 is 11.6. The fourth-order valence-electron chi connectivity index (χ4n) is 4.31. The second-order valence-electron chi connectivity index (χ2n) is 9.31. The van der Waals surface area contributed by atoms with Crippen molar-refractivity contribution in [1.82, 2.24) is 9.91 Å². The van der Waals surface area contributed by atoms with Crippen LogP contribution in [0.1, 0.15) is 36.0 Å². The number of rotatable bonds is 8. The van der Waals surface area contributed by atoms with Gasteiger partial charge < -0.3 is 14.4 Å². The summed E-state index contributed by atoms with van der Waals surface area (Å²) in [7, 11) is 0. The van der Waals surface area contributed by atoms with Gasteiger partial charge in [-0.2, -0.15) is 15.1 Å². The summed E-state index contributed by atoms with van der Waals surface area (Å²) in [6.07, 6.45) is 3.81. The Labute approximate surface area is 225 Å². The van der Waals surface area contributed by atoms with Gasteiger partial charge in [0.15, 0.2) is 5.84 Å². The van der Waals surface area contributed by atoms with Crippen LogP contribution in [0.3, 0.4) is 0 Å². The highest BCUT2D eigenvalue weighted by Crippen LogP contribution is 2.30. The lowest BCUT2D eigenvalue weighted by Crippen LogP contribution is -2.35. The molecular weight excluding hydrogens is 502 g/mol. The van der Waals surface area contributed by atoms with E-state index in [1.807, 2.05) is 55.1 Å². The number of hydrazone groups is 1. The molecule has 0 bridgehead atoms. The number of carbonyl (C=O) groups excluding carboxylic acids is 2. The first-order valence-corrected chi connectivity index (χ1v) is 13.4. The maximum Gasteiger partial charge on any atom is 0.283 e. The molecule has 5 rings (SSSR count). The normalized spacial score (nSPS) is 18.0. The number of aliphatic imine (C=N–C) groups is 1. The van der Waals surface area contributed by atoms with E-state index < -0.39 is 5.91 Å². The van der Waals surface area contributed by atoms with Gasteiger partial charge in [-0.25, -0.2) is 0 Å². The summed E-state index contributed by atoms with van der Waals surface area (Å²) in [5.41, 5.74) is 3.10. The zero-order valence-electron chi connectivity index (χ0n) is 21.4. The van der Waals surface area contributed by atoms with Gasteiger partial charge >= 0.3 is 0 Å². The molecule has 3 aliphatic heterocycles. The number of ether oxygens (including phenoxy) is 2. The molecule has 2 amide bonds. The van der Waals surface area contributed by atoms with Crippen LogP contribution in [-0.2, 0) is 9.59 Å². The average molecular weight is 532 g/mol. The largest absolute Gasteiger partial charge is 0.490 e. The minimum absolute atomic E-state index is 0.0157. The Hall–Kier alpha value is -3.92. The van der Waals surface area contributed by atoms with Crippen molar-refractivity contribution >= 4 is 45.7 Å². The number of nitrogens with one attached hydrogen (secondary N) is 1.